The van der Waals surface area contributed by atoms with E-state index in [2.05, 4.69) is 0 Å². The standard InChI is InChI=1S/C12H13FOS/c1-9(2)7-10(14)8-15-12-6-4-3-5-11(12)13/h3-7H,8H2,1-2H3. The van der Waals surface area contributed by atoms with E-state index in [1.54, 1.807) is 24.3 Å². The predicted octanol–water partition coefficient (Wildman–Crippen LogP) is 3.45. The zero-order valence-electron chi connectivity index (χ0n) is 8.79. The van der Waals surface area contributed by atoms with Gasteiger partial charge in [0, 0.05) is 4.90 Å². The molecule has 80 valence electrons. The number of thioether (sulfide) groups is 1. The van der Waals surface area contributed by atoms with Gasteiger partial charge >= 0.3 is 0 Å². The number of halogens is 1. The molecule has 1 nitrogen and oxygen atoms in total. The van der Waals surface area contributed by atoms with E-state index in [4.69, 9.17) is 0 Å². The molecule has 0 aliphatic carbocycles. The average molecular weight is 224 g/mol. The predicted molar refractivity (Wildman–Crippen MR) is 61.6 cm³/mol. The van der Waals surface area contributed by atoms with Crippen LogP contribution in [0.1, 0.15) is 13.8 Å². The first-order valence-corrected chi connectivity index (χ1v) is 5.63. The van der Waals surface area contributed by atoms with Gasteiger partial charge in [0.25, 0.3) is 0 Å². The van der Waals surface area contributed by atoms with E-state index in [0.717, 1.165) is 5.57 Å². The van der Waals surface area contributed by atoms with Crippen molar-refractivity contribution in [3.8, 4) is 0 Å². The second kappa shape index (κ2) is 5.71. The largest absolute Gasteiger partial charge is 0.294 e. The maximum atomic E-state index is 13.2. The minimum atomic E-state index is -0.271. The summed E-state index contributed by atoms with van der Waals surface area (Å²) in [6.45, 7) is 3.73. The SMILES string of the molecule is CC(C)=CC(=O)CSc1ccccc1F. The van der Waals surface area contributed by atoms with E-state index in [1.807, 2.05) is 13.8 Å². The van der Waals surface area contributed by atoms with Crippen molar-refractivity contribution < 1.29 is 9.18 Å². The van der Waals surface area contributed by atoms with Gasteiger partial charge in [-0.15, -0.1) is 11.8 Å². The molecule has 0 fully saturated rings. The summed E-state index contributed by atoms with van der Waals surface area (Å²) < 4.78 is 13.2. The fraction of sp³-hybridized carbons (Fsp3) is 0.250. The lowest BCUT2D eigenvalue weighted by molar-refractivity contribution is -0.112. The lowest BCUT2D eigenvalue weighted by atomic mass is 10.3. The lowest BCUT2D eigenvalue weighted by Crippen LogP contribution is -1.97. The minimum Gasteiger partial charge on any atom is -0.294 e. The number of carbonyl (C=O) groups excluding carboxylic acids is 1. The third-order valence-corrected chi connectivity index (χ3v) is 2.73. The molecule has 15 heavy (non-hydrogen) atoms. The molecule has 0 unspecified atom stereocenters. The summed E-state index contributed by atoms with van der Waals surface area (Å²) in [7, 11) is 0. The van der Waals surface area contributed by atoms with Gasteiger partial charge in [-0.2, -0.15) is 0 Å². The van der Waals surface area contributed by atoms with Gasteiger partial charge in [0.15, 0.2) is 5.78 Å². The van der Waals surface area contributed by atoms with Crippen LogP contribution < -0.4 is 0 Å². The van der Waals surface area contributed by atoms with Gasteiger partial charge in [-0.3, -0.25) is 4.79 Å². The normalized spacial score (nSPS) is 9.80. The van der Waals surface area contributed by atoms with Crippen LogP contribution in [-0.4, -0.2) is 11.5 Å². The number of carbonyl (C=O) groups is 1. The molecule has 0 aromatic heterocycles. The summed E-state index contributed by atoms with van der Waals surface area (Å²) in [4.78, 5) is 11.8. The second-order valence-corrected chi connectivity index (χ2v) is 4.42. The van der Waals surface area contributed by atoms with Crippen molar-refractivity contribution in [2.75, 3.05) is 5.75 Å². The van der Waals surface area contributed by atoms with Crippen LogP contribution in [0, 0.1) is 5.82 Å². The molecule has 0 radical (unpaired) electrons. The number of rotatable bonds is 4. The fourth-order valence-corrected chi connectivity index (χ4v) is 1.84. The van der Waals surface area contributed by atoms with Gasteiger partial charge in [-0.1, -0.05) is 17.7 Å². The van der Waals surface area contributed by atoms with Crippen molar-refractivity contribution in [2.24, 2.45) is 0 Å². The summed E-state index contributed by atoms with van der Waals surface area (Å²) in [6, 6.07) is 6.47. The van der Waals surface area contributed by atoms with Crippen molar-refractivity contribution in [1.29, 1.82) is 0 Å². The first-order chi connectivity index (χ1) is 7.09. The molecular weight excluding hydrogens is 211 g/mol. The van der Waals surface area contributed by atoms with Crippen LogP contribution in [0.3, 0.4) is 0 Å². The Morgan fingerprint density at radius 2 is 2.07 bits per heavy atom. The van der Waals surface area contributed by atoms with Gasteiger partial charge in [0.2, 0.25) is 0 Å². The zero-order valence-corrected chi connectivity index (χ0v) is 9.60. The van der Waals surface area contributed by atoms with Crippen molar-refractivity contribution in [3.63, 3.8) is 0 Å². The van der Waals surface area contributed by atoms with E-state index in [0.29, 0.717) is 4.90 Å². The molecule has 0 bridgehead atoms. The Morgan fingerprint density at radius 1 is 1.40 bits per heavy atom. The molecule has 0 heterocycles. The molecule has 0 spiro atoms. The van der Waals surface area contributed by atoms with E-state index in [1.165, 1.54) is 17.8 Å². The quantitative estimate of drug-likeness (QED) is 0.575. The second-order valence-electron chi connectivity index (χ2n) is 3.41. The molecule has 0 saturated heterocycles. The Hall–Kier alpha value is -1.09. The molecule has 1 rings (SSSR count). The number of allylic oxidation sites excluding steroid dienone is 2. The number of hydrogen-bond acceptors (Lipinski definition) is 2. The average Bonchev–Trinajstić information content (AvgIpc) is 2.15. The van der Waals surface area contributed by atoms with Crippen LogP contribution in [-0.2, 0) is 4.79 Å². The molecule has 1 aromatic rings. The Labute approximate surface area is 93.4 Å². The molecule has 0 amide bonds. The maximum absolute atomic E-state index is 13.2. The van der Waals surface area contributed by atoms with Crippen molar-refractivity contribution in [1.82, 2.24) is 0 Å². The summed E-state index contributed by atoms with van der Waals surface area (Å²) in [5.41, 5.74) is 0.967. The molecule has 0 N–H and O–H groups in total. The summed E-state index contributed by atoms with van der Waals surface area (Å²) >= 11 is 1.23. The fourth-order valence-electron chi connectivity index (χ4n) is 1.07. The smallest absolute Gasteiger partial charge is 0.165 e. The van der Waals surface area contributed by atoms with Gasteiger partial charge in [0.05, 0.1) is 5.75 Å². The highest BCUT2D eigenvalue weighted by molar-refractivity contribution is 8.00. The number of benzene rings is 1. The molecule has 0 atom stereocenters. The Bertz CT molecular complexity index is 381. The lowest BCUT2D eigenvalue weighted by Gasteiger charge is -2.00. The third kappa shape index (κ3) is 4.30. The molecule has 0 saturated carbocycles. The minimum absolute atomic E-state index is 0.0169. The van der Waals surface area contributed by atoms with Crippen molar-refractivity contribution in [2.45, 2.75) is 18.7 Å². The van der Waals surface area contributed by atoms with E-state index >= 15 is 0 Å². The van der Waals surface area contributed by atoms with Gasteiger partial charge in [-0.05, 0) is 32.1 Å². The zero-order chi connectivity index (χ0) is 11.3. The van der Waals surface area contributed by atoms with Crippen LogP contribution in [0.5, 0.6) is 0 Å². The van der Waals surface area contributed by atoms with Gasteiger partial charge in [-0.25, -0.2) is 4.39 Å². The van der Waals surface area contributed by atoms with E-state index < -0.39 is 0 Å². The van der Waals surface area contributed by atoms with Crippen LogP contribution in [0.4, 0.5) is 4.39 Å². The highest BCUT2D eigenvalue weighted by Crippen LogP contribution is 2.21. The van der Waals surface area contributed by atoms with E-state index in [9.17, 15) is 9.18 Å². The molecule has 1 aromatic carbocycles. The monoisotopic (exact) mass is 224 g/mol. The number of ketones is 1. The van der Waals surface area contributed by atoms with Gasteiger partial charge < -0.3 is 0 Å². The highest BCUT2D eigenvalue weighted by atomic mass is 32.2. The Morgan fingerprint density at radius 3 is 2.67 bits per heavy atom. The van der Waals surface area contributed by atoms with Crippen molar-refractivity contribution >= 4 is 17.5 Å². The molecule has 0 aliphatic rings. The van der Waals surface area contributed by atoms with Gasteiger partial charge in [0.1, 0.15) is 5.82 Å². The van der Waals surface area contributed by atoms with Crippen molar-refractivity contribution in [3.05, 3.63) is 41.7 Å². The van der Waals surface area contributed by atoms with Crippen LogP contribution >= 0.6 is 11.8 Å². The van der Waals surface area contributed by atoms with Crippen LogP contribution in [0.25, 0.3) is 0 Å². The third-order valence-electron chi connectivity index (χ3n) is 1.66. The molecule has 3 heteroatoms. The highest BCUT2D eigenvalue weighted by Gasteiger charge is 2.03. The summed E-state index contributed by atoms with van der Waals surface area (Å²) in [6.07, 6.45) is 1.58. The number of hydrogen-bond donors (Lipinski definition) is 0. The molecule has 0 aliphatic heterocycles. The topological polar surface area (TPSA) is 17.1 Å². The first kappa shape index (κ1) is 12.0. The summed E-state index contributed by atoms with van der Waals surface area (Å²) in [5.74, 6) is 0.0299. The Kier molecular flexibility index (Phi) is 4.56. The first-order valence-electron chi connectivity index (χ1n) is 4.64. The maximum Gasteiger partial charge on any atom is 0.165 e. The van der Waals surface area contributed by atoms with Crippen LogP contribution in [0.2, 0.25) is 0 Å². The molecular formula is C12H13FOS. The van der Waals surface area contributed by atoms with Crippen LogP contribution in [0.15, 0.2) is 40.8 Å². The Balaban J connectivity index is 2.55. The summed E-state index contributed by atoms with van der Waals surface area (Å²) in [5, 5.41) is 0. The van der Waals surface area contributed by atoms with E-state index in [-0.39, 0.29) is 17.4 Å².